The van der Waals surface area contributed by atoms with Crippen molar-refractivity contribution in [3.05, 3.63) is 52.5 Å². The molecule has 2 N–H and O–H groups in total. The molecule has 138 valence electrons. The third-order valence-electron chi connectivity index (χ3n) is 3.53. The number of nitrogens with two attached hydrogens (primary N) is 1. The maximum atomic E-state index is 12.8. The Hall–Kier alpha value is -1.78. The summed E-state index contributed by atoms with van der Waals surface area (Å²) in [5.41, 5.74) is -0.00528. The van der Waals surface area contributed by atoms with Crippen LogP contribution in [0.1, 0.15) is 0 Å². The third-order valence-corrected chi connectivity index (χ3v) is 6.57. The van der Waals surface area contributed by atoms with E-state index in [0.29, 0.717) is 14.8 Å². The van der Waals surface area contributed by atoms with Crippen LogP contribution in [0.4, 0.5) is 5.69 Å². The van der Waals surface area contributed by atoms with Gasteiger partial charge in [0.15, 0.2) is 9.84 Å². The molecule has 0 fully saturated rings. The molecule has 0 saturated heterocycles. The van der Waals surface area contributed by atoms with Crippen molar-refractivity contribution in [2.45, 2.75) is 9.99 Å². The number of halogens is 2. The maximum Gasteiger partial charge on any atom is 0.311 e. The Balaban J connectivity index is 2.17. The lowest BCUT2D eigenvalue weighted by Crippen LogP contribution is -2.38. The molecule has 0 aliphatic carbocycles. The van der Waals surface area contributed by atoms with E-state index in [1.807, 2.05) is 0 Å². The van der Waals surface area contributed by atoms with E-state index in [1.54, 1.807) is 6.07 Å². The Morgan fingerprint density at radius 2 is 1.58 bits per heavy atom. The number of hydrogen-bond acceptors (Lipinski definition) is 6. The van der Waals surface area contributed by atoms with Crippen molar-refractivity contribution in [3.63, 3.8) is 0 Å². The first-order valence-electron chi connectivity index (χ1n) is 6.99. The molecule has 0 saturated carbocycles. The minimum absolute atomic E-state index is 0.120. The molecular weight excluding hydrogens is 423 g/mol. The number of fused-ring (bicyclic) bond motifs is 1. The average molecular weight is 435 g/mol. The first-order chi connectivity index (χ1) is 12.0. The Morgan fingerprint density at radius 3 is 2.23 bits per heavy atom. The van der Waals surface area contributed by atoms with Crippen LogP contribution < -0.4 is 10.3 Å². The molecular formula is C15H12Cl2N2O5S2. The molecule has 0 spiro atoms. The zero-order valence-electron chi connectivity index (χ0n) is 13.2. The van der Waals surface area contributed by atoms with Crippen LogP contribution in [0.25, 0.3) is 11.0 Å². The Labute approximate surface area is 159 Å². The van der Waals surface area contributed by atoms with Crippen molar-refractivity contribution in [1.29, 1.82) is 0 Å². The van der Waals surface area contributed by atoms with E-state index in [9.17, 15) is 16.8 Å². The highest BCUT2D eigenvalue weighted by atomic mass is 35.5. The fraction of sp³-hybridized carbons (Fsp3) is 0.0667. The molecule has 11 heteroatoms. The predicted octanol–water partition coefficient (Wildman–Crippen LogP) is 3.21. The van der Waals surface area contributed by atoms with Crippen LogP contribution in [0.2, 0.25) is 10.0 Å². The van der Waals surface area contributed by atoms with Crippen LogP contribution in [0.5, 0.6) is 0 Å². The van der Waals surface area contributed by atoms with Crippen LogP contribution in [-0.2, 0) is 19.9 Å². The number of hydrogen-bond donors (Lipinski definition) is 1. The minimum atomic E-state index is -4.39. The van der Waals surface area contributed by atoms with Crippen LogP contribution in [0.3, 0.4) is 0 Å². The van der Waals surface area contributed by atoms with Gasteiger partial charge in [-0.2, -0.15) is 12.8 Å². The van der Waals surface area contributed by atoms with Gasteiger partial charge in [-0.05, 0) is 36.4 Å². The molecule has 0 amide bonds. The first-order valence-corrected chi connectivity index (χ1v) is 11.1. The van der Waals surface area contributed by atoms with E-state index in [2.05, 4.69) is 0 Å². The lowest BCUT2D eigenvalue weighted by Gasteiger charge is -2.19. The van der Waals surface area contributed by atoms with Gasteiger partial charge in [-0.25, -0.2) is 14.3 Å². The number of nitrogens with zero attached hydrogens (tertiary/aromatic N) is 1. The second kappa shape index (κ2) is 6.43. The molecule has 1 heterocycles. The number of hydrazine groups is 1. The van der Waals surface area contributed by atoms with Gasteiger partial charge in [0, 0.05) is 27.8 Å². The number of benzene rings is 2. The fourth-order valence-electron chi connectivity index (χ4n) is 2.32. The molecule has 0 radical (unpaired) electrons. The van der Waals surface area contributed by atoms with Gasteiger partial charge >= 0.3 is 10.0 Å². The predicted molar refractivity (Wildman–Crippen MR) is 99.6 cm³/mol. The molecule has 2 aromatic carbocycles. The summed E-state index contributed by atoms with van der Waals surface area (Å²) >= 11 is 11.8. The number of anilines is 1. The van der Waals surface area contributed by atoms with Gasteiger partial charge in [0.1, 0.15) is 5.58 Å². The van der Waals surface area contributed by atoms with Gasteiger partial charge in [0.25, 0.3) is 0 Å². The summed E-state index contributed by atoms with van der Waals surface area (Å²) in [7, 11) is -8.15. The molecule has 0 aliphatic heterocycles. The smallest absolute Gasteiger partial charge is 0.311 e. The number of sulfonamides is 1. The maximum absolute atomic E-state index is 12.8. The summed E-state index contributed by atoms with van der Waals surface area (Å²) in [5.74, 6) is 5.76. The fourth-order valence-corrected chi connectivity index (χ4v) is 4.65. The Kier molecular flexibility index (Phi) is 4.70. The molecule has 0 aliphatic rings. The van der Waals surface area contributed by atoms with Gasteiger partial charge in [0.2, 0.25) is 5.09 Å². The van der Waals surface area contributed by atoms with Crippen molar-refractivity contribution in [2.75, 3.05) is 10.7 Å². The zero-order valence-corrected chi connectivity index (χ0v) is 16.3. The summed E-state index contributed by atoms with van der Waals surface area (Å²) in [6.45, 7) is 0. The summed E-state index contributed by atoms with van der Waals surface area (Å²) in [5, 5.41) is 0.520. The van der Waals surface area contributed by atoms with E-state index in [0.717, 1.165) is 12.3 Å². The highest BCUT2D eigenvalue weighted by Crippen LogP contribution is 2.32. The first kappa shape index (κ1) is 19.0. The minimum Gasteiger partial charge on any atom is -0.443 e. The normalized spacial score (nSPS) is 12.5. The second-order valence-corrected chi connectivity index (χ2v) is 10.0. The van der Waals surface area contributed by atoms with E-state index >= 15 is 0 Å². The topological polar surface area (TPSA) is 111 Å². The summed E-state index contributed by atoms with van der Waals surface area (Å²) in [4.78, 5) is -0.285. The molecule has 0 unspecified atom stereocenters. The molecule has 7 nitrogen and oxygen atoms in total. The highest BCUT2D eigenvalue weighted by Gasteiger charge is 2.30. The highest BCUT2D eigenvalue weighted by molar-refractivity contribution is 7.93. The van der Waals surface area contributed by atoms with Crippen LogP contribution in [-0.4, -0.2) is 23.1 Å². The quantitative estimate of drug-likeness (QED) is 0.498. The molecule has 3 rings (SSSR count). The molecule has 0 atom stereocenters. The van der Waals surface area contributed by atoms with Crippen LogP contribution in [0.15, 0.2) is 56.9 Å². The van der Waals surface area contributed by atoms with Crippen molar-refractivity contribution in [3.8, 4) is 0 Å². The molecule has 3 aromatic rings. The van der Waals surface area contributed by atoms with Crippen LogP contribution in [0, 0.1) is 0 Å². The molecule has 0 bridgehead atoms. The lowest BCUT2D eigenvalue weighted by atomic mass is 10.3. The van der Waals surface area contributed by atoms with Gasteiger partial charge in [-0.15, -0.1) is 0 Å². The number of rotatable bonds is 4. The van der Waals surface area contributed by atoms with Crippen molar-refractivity contribution in [1.82, 2.24) is 0 Å². The van der Waals surface area contributed by atoms with Gasteiger partial charge < -0.3 is 4.42 Å². The number of sulfone groups is 1. The standard InChI is InChI=1S/C15H12Cl2N2O5S2/c1-25(20,21)14-5-3-11(17)8-12(14)19(18)26(22,23)15-7-9-6-10(16)2-4-13(9)24-15/h2-8H,18H2,1H3. The third kappa shape index (κ3) is 3.40. The van der Waals surface area contributed by atoms with Gasteiger partial charge in [-0.1, -0.05) is 23.2 Å². The van der Waals surface area contributed by atoms with E-state index < -0.39 is 25.0 Å². The van der Waals surface area contributed by atoms with E-state index in [-0.39, 0.29) is 21.2 Å². The Bertz CT molecular complexity index is 1220. The SMILES string of the molecule is CS(=O)(=O)c1ccc(Cl)cc1N(N)S(=O)(=O)c1cc2cc(Cl)ccc2o1. The van der Waals surface area contributed by atoms with E-state index in [4.69, 9.17) is 33.5 Å². The zero-order chi connectivity index (χ0) is 19.3. The average Bonchev–Trinajstić information content (AvgIpc) is 2.96. The van der Waals surface area contributed by atoms with Crippen molar-refractivity contribution in [2.24, 2.45) is 5.84 Å². The van der Waals surface area contributed by atoms with Crippen molar-refractivity contribution >= 4 is 59.7 Å². The second-order valence-electron chi connectivity index (χ2n) is 5.43. The molecule has 26 heavy (non-hydrogen) atoms. The monoisotopic (exact) mass is 434 g/mol. The van der Waals surface area contributed by atoms with E-state index in [1.165, 1.54) is 30.3 Å². The summed E-state index contributed by atoms with van der Waals surface area (Å²) in [6.07, 6.45) is 0.934. The summed E-state index contributed by atoms with van der Waals surface area (Å²) < 4.78 is 55.2. The van der Waals surface area contributed by atoms with Gasteiger partial charge in [-0.3, -0.25) is 0 Å². The van der Waals surface area contributed by atoms with Crippen molar-refractivity contribution < 1.29 is 21.3 Å². The summed E-state index contributed by atoms with van der Waals surface area (Å²) in [6, 6.07) is 9.49. The van der Waals surface area contributed by atoms with Gasteiger partial charge in [0.05, 0.1) is 10.6 Å². The number of furan rings is 1. The lowest BCUT2D eigenvalue weighted by molar-refractivity contribution is 0.480. The molecule has 1 aromatic heterocycles. The largest absolute Gasteiger partial charge is 0.443 e. The van der Waals surface area contributed by atoms with Crippen LogP contribution >= 0.6 is 23.2 Å². The Morgan fingerprint density at radius 1 is 0.962 bits per heavy atom.